The van der Waals surface area contributed by atoms with Gasteiger partial charge in [-0.15, -0.1) is 12.4 Å². The third-order valence-electron chi connectivity index (χ3n) is 2.57. The summed E-state index contributed by atoms with van der Waals surface area (Å²) in [6.07, 6.45) is 3.03. The van der Waals surface area contributed by atoms with Crippen LogP contribution in [-0.2, 0) is 0 Å². The molecule has 0 bridgehead atoms. The van der Waals surface area contributed by atoms with Crippen molar-refractivity contribution in [3.05, 3.63) is 28.2 Å². The highest BCUT2D eigenvalue weighted by atomic mass is 79.9. The van der Waals surface area contributed by atoms with Crippen LogP contribution in [0.1, 0.15) is 30.9 Å². The van der Waals surface area contributed by atoms with Crippen LogP contribution in [0.25, 0.3) is 0 Å². The maximum atomic E-state index is 6.13. The average molecular weight is 324 g/mol. The summed E-state index contributed by atoms with van der Waals surface area (Å²) < 4.78 is 6.22. The number of hydrogen-bond donors (Lipinski definition) is 2. The van der Waals surface area contributed by atoms with E-state index in [0.29, 0.717) is 0 Å². The van der Waals surface area contributed by atoms with E-state index >= 15 is 0 Å². The van der Waals surface area contributed by atoms with E-state index in [0.717, 1.165) is 41.6 Å². The lowest BCUT2D eigenvalue weighted by Gasteiger charge is -2.14. The van der Waals surface area contributed by atoms with E-state index in [1.807, 2.05) is 18.2 Å². The summed E-state index contributed by atoms with van der Waals surface area (Å²) in [5, 5.41) is 0. The molecule has 98 valence electrons. The minimum Gasteiger partial charge on any atom is -0.497 e. The topological polar surface area (TPSA) is 61.3 Å². The zero-order chi connectivity index (χ0) is 12.0. The zero-order valence-corrected chi connectivity index (χ0v) is 12.4. The van der Waals surface area contributed by atoms with Crippen molar-refractivity contribution in [2.45, 2.75) is 25.3 Å². The molecule has 5 heteroatoms. The molecule has 3 nitrogen and oxygen atoms in total. The predicted octanol–water partition coefficient (Wildman–Crippen LogP) is 3.01. The molecule has 0 saturated carbocycles. The standard InChI is InChI=1S/C12H19BrN2O.ClH/c1-16-9-5-6-11(13)10(8-9)12(15)4-2-3-7-14;/h5-6,8,12H,2-4,7,14-15H2,1H3;1H/t12-;/m1./s1. The molecule has 4 N–H and O–H groups in total. The van der Waals surface area contributed by atoms with Crippen molar-refractivity contribution in [1.29, 1.82) is 0 Å². The molecule has 0 aliphatic rings. The second-order valence-corrected chi connectivity index (χ2v) is 4.63. The molecule has 0 saturated heterocycles. The molecule has 0 aromatic heterocycles. The van der Waals surface area contributed by atoms with Crippen molar-refractivity contribution in [3.63, 3.8) is 0 Å². The highest BCUT2D eigenvalue weighted by Gasteiger charge is 2.10. The number of ether oxygens (including phenoxy) is 1. The first kappa shape index (κ1) is 16.7. The fourth-order valence-electron chi connectivity index (χ4n) is 1.60. The molecule has 0 aliphatic heterocycles. The Kier molecular flexibility index (Phi) is 8.60. The molecule has 1 atom stereocenters. The Bertz CT molecular complexity index is 336. The van der Waals surface area contributed by atoms with E-state index < -0.39 is 0 Å². The lowest BCUT2D eigenvalue weighted by atomic mass is 10.0. The molecular weight excluding hydrogens is 304 g/mol. The summed E-state index contributed by atoms with van der Waals surface area (Å²) >= 11 is 3.51. The number of nitrogens with two attached hydrogens (primary N) is 2. The summed E-state index contributed by atoms with van der Waals surface area (Å²) in [5.74, 6) is 0.840. The van der Waals surface area contributed by atoms with Crippen LogP contribution >= 0.6 is 28.3 Å². The van der Waals surface area contributed by atoms with Gasteiger partial charge in [0.15, 0.2) is 0 Å². The SMILES string of the molecule is COc1ccc(Br)c([C@H](N)CCCCN)c1.Cl. The van der Waals surface area contributed by atoms with E-state index in [2.05, 4.69) is 15.9 Å². The Balaban J connectivity index is 0.00000256. The Morgan fingerprint density at radius 2 is 2.06 bits per heavy atom. The number of rotatable bonds is 6. The van der Waals surface area contributed by atoms with Crippen LogP contribution in [0.2, 0.25) is 0 Å². The largest absolute Gasteiger partial charge is 0.497 e. The third kappa shape index (κ3) is 5.25. The molecule has 0 fully saturated rings. The average Bonchev–Trinajstić information content (AvgIpc) is 2.30. The zero-order valence-electron chi connectivity index (χ0n) is 9.99. The van der Waals surface area contributed by atoms with E-state index in [-0.39, 0.29) is 18.4 Å². The van der Waals surface area contributed by atoms with Gasteiger partial charge in [-0.3, -0.25) is 0 Å². The Hall–Kier alpha value is -0.290. The highest BCUT2D eigenvalue weighted by molar-refractivity contribution is 9.10. The molecule has 0 radical (unpaired) electrons. The molecule has 0 amide bonds. The van der Waals surface area contributed by atoms with Gasteiger partial charge in [0.05, 0.1) is 7.11 Å². The fraction of sp³-hybridized carbons (Fsp3) is 0.500. The quantitative estimate of drug-likeness (QED) is 0.791. The second-order valence-electron chi connectivity index (χ2n) is 3.78. The van der Waals surface area contributed by atoms with E-state index in [4.69, 9.17) is 16.2 Å². The van der Waals surface area contributed by atoms with Crippen molar-refractivity contribution in [3.8, 4) is 5.75 Å². The van der Waals surface area contributed by atoms with Crippen molar-refractivity contribution in [1.82, 2.24) is 0 Å². The molecular formula is C12H20BrClN2O. The molecule has 0 aliphatic carbocycles. The van der Waals surface area contributed by atoms with Crippen LogP contribution in [-0.4, -0.2) is 13.7 Å². The third-order valence-corrected chi connectivity index (χ3v) is 3.29. The summed E-state index contributed by atoms with van der Waals surface area (Å²) in [6, 6.07) is 5.91. The van der Waals surface area contributed by atoms with Crippen molar-refractivity contribution in [2.75, 3.05) is 13.7 Å². The Morgan fingerprint density at radius 3 is 2.65 bits per heavy atom. The van der Waals surface area contributed by atoms with Crippen LogP contribution in [0.3, 0.4) is 0 Å². The van der Waals surface area contributed by atoms with Crippen LogP contribution in [0.15, 0.2) is 22.7 Å². The lowest BCUT2D eigenvalue weighted by molar-refractivity contribution is 0.413. The first-order chi connectivity index (χ1) is 7.69. The Labute approximate surface area is 117 Å². The lowest BCUT2D eigenvalue weighted by Crippen LogP contribution is -2.12. The number of halogens is 2. The fourth-order valence-corrected chi connectivity index (χ4v) is 2.14. The molecule has 0 spiro atoms. The van der Waals surface area contributed by atoms with E-state index in [9.17, 15) is 0 Å². The van der Waals surface area contributed by atoms with Crippen molar-refractivity contribution < 1.29 is 4.74 Å². The van der Waals surface area contributed by atoms with Crippen LogP contribution in [0, 0.1) is 0 Å². The predicted molar refractivity (Wildman–Crippen MR) is 77.8 cm³/mol. The van der Waals surface area contributed by atoms with Gasteiger partial charge >= 0.3 is 0 Å². The van der Waals surface area contributed by atoms with Gasteiger partial charge in [0.2, 0.25) is 0 Å². The number of benzene rings is 1. The minimum absolute atomic E-state index is 0. The number of unbranched alkanes of at least 4 members (excludes halogenated alkanes) is 1. The summed E-state index contributed by atoms with van der Waals surface area (Å²) in [7, 11) is 1.66. The van der Waals surface area contributed by atoms with Gasteiger partial charge in [-0.1, -0.05) is 22.4 Å². The van der Waals surface area contributed by atoms with Crippen LogP contribution in [0.4, 0.5) is 0 Å². The minimum atomic E-state index is 0. The monoisotopic (exact) mass is 322 g/mol. The van der Waals surface area contributed by atoms with Gasteiger partial charge in [0, 0.05) is 10.5 Å². The molecule has 1 rings (SSSR count). The molecule has 1 aromatic carbocycles. The normalized spacial score (nSPS) is 11.8. The highest BCUT2D eigenvalue weighted by Crippen LogP contribution is 2.28. The molecule has 0 unspecified atom stereocenters. The molecule has 1 aromatic rings. The van der Waals surface area contributed by atoms with Crippen molar-refractivity contribution in [2.24, 2.45) is 11.5 Å². The Morgan fingerprint density at radius 1 is 1.35 bits per heavy atom. The summed E-state index contributed by atoms with van der Waals surface area (Å²) in [4.78, 5) is 0. The molecule has 17 heavy (non-hydrogen) atoms. The van der Waals surface area contributed by atoms with E-state index in [1.54, 1.807) is 7.11 Å². The van der Waals surface area contributed by atoms with Crippen LogP contribution < -0.4 is 16.2 Å². The number of hydrogen-bond acceptors (Lipinski definition) is 3. The van der Waals surface area contributed by atoms with Gasteiger partial charge in [0.25, 0.3) is 0 Å². The van der Waals surface area contributed by atoms with Gasteiger partial charge in [0.1, 0.15) is 5.75 Å². The summed E-state index contributed by atoms with van der Waals surface area (Å²) in [6.45, 7) is 0.728. The van der Waals surface area contributed by atoms with Gasteiger partial charge in [-0.2, -0.15) is 0 Å². The van der Waals surface area contributed by atoms with Gasteiger partial charge in [-0.25, -0.2) is 0 Å². The number of methoxy groups -OCH3 is 1. The maximum absolute atomic E-state index is 6.13. The van der Waals surface area contributed by atoms with Gasteiger partial charge < -0.3 is 16.2 Å². The first-order valence-corrected chi connectivity index (χ1v) is 6.27. The second kappa shape index (κ2) is 8.75. The smallest absolute Gasteiger partial charge is 0.119 e. The first-order valence-electron chi connectivity index (χ1n) is 5.48. The summed E-state index contributed by atoms with van der Waals surface area (Å²) in [5.41, 5.74) is 12.7. The molecule has 0 heterocycles. The van der Waals surface area contributed by atoms with E-state index in [1.165, 1.54) is 0 Å². The van der Waals surface area contributed by atoms with Crippen LogP contribution in [0.5, 0.6) is 5.75 Å². The van der Waals surface area contributed by atoms with Gasteiger partial charge in [-0.05, 0) is 43.1 Å². The van der Waals surface area contributed by atoms with Crippen molar-refractivity contribution >= 4 is 28.3 Å². The maximum Gasteiger partial charge on any atom is 0.119 e.